The number of hydrogen-bond donors (Lipinski definition) is 1. The molecule has 1 N–H and O–H groups in total. The number of aromatic nitrogens is 2. The van der Waals surface area contributed by atoms with Gasteiger partial charge in [0, 0.05) is 11.9 Å². The molecule has 5 heteroatoms. The number of nitrogens with one attached hydrogen (secondary N) is 1. The van der Waals surface area contributed by atoms with Gasteiger partial charge in [-0.1, -0.05) is 0 Å². The quantitative estimate of drug-likeness (QED) is 0.463. The van der Waals surface area contributed by atoms with Gasteiger partial charge < -0.3 is 4.72 Å². The normalized spacial score (nSPS) is 14.8. The Morgan fingerprint density at radius 2 is 2.45 bits per heavy atom. The summed E-state index contributed by atoms with van der Waals surface area (Å²) in [4.78, 5) is 12.1. The predicted octanol–water partition coefficient (Wildman–Crippen LogP) is 1.14. The van der Waals surface area contributed by atoms with E-state index in [0.717, 1.165) is 16.5 Å². The average molecular weight is 166 g/mol. The van der Waals surface area contributed by atoms with E-state index in [1.54, 1.807) is 6.20 Å². The van der Waals surface area contributed by atoms with Gasteiger partial charge in [0.2, 0.25) is 0 Å². The Morgan fingerprint density at radius 3 is 3.36 bits per heavy atom. The topological polar surface area (TPSA) is 50.2 Å². The first-order valence-corrected chi connectivity index (χ1v) is 3.96. The van der Waals surface area contributed by atoms with Gasteiger partial charge in [-0.25, -0.2) is 15.0 Å². The lowest BCUT2D eigenvalue weighted by Gasteiger charge is -2.10. The van der Waals surface area contributed by atoms with E-state index in [-0.39, 0.29) is 0 Å². The van der Waals surface area contributed by atoms with Crippen LogP contribution >= 0.6 is 11.9 Å². The molecule has 1 aromatic rings. The second kappa shape index (κ2) is 2.50. The smallest absolute Gasteiger partial charge is 0.146 e. The maximum absolute atomic E-state index is 4.21. The Kier molecular flexibility index (Phi) is 1.50. The largest absolute Gasteiger partial charge is 0.313 e. The standard InChI is InChI=1S/C6H6N4S/c1-4-9-5-2-7-3-8-6(5)11-10-4/h2-3H,1H3,(H,9,10). The number of fused-ring (bicyclic) bond motifs is 1. The fourth-order valence-corrected chi connectivity index (χ4v) is 1.38. The number of nitrogens with zero attached hydrogens (tertiary/aromatic N) is 3. The lowest BCUT2D eigenvalue weighted by atomic mass is 10.5. The van der Waals surface area contributed by atoms with E-state index in [2.05, 4.69) is 19.7 Å². The molecule has 0 aliphatic carbocycles. The fraction of sp³-hybridized carbons (Fsp3) is 0.167. The van der Waals surface area contributed by atoms with Crippen molar-refractivity contribution in [2.75, 3.05) is 0 Å². The van der Waals surface area contributed by atoms with Gasteiger partial charge >= 0.3 is 0 Å². The van der Waals surface area contributed by atoms with Crippen LogP contribution in [0.2, 0.25) is 0 Å². The van der Waals surface area contributed by atoms with Crippen molar-refractivity contribution in [3.05, 3.63) is 12.5 Å². The minimum atomic E-state index is 0.841. The summed E-state index contributed by atoms with van der Waals surface area (Å²) >= 11 is 1.46. The molecule has 1 aliphatic heterocycles. The molecule has 0 bridgehead atoms. The molecule has 2 rings (SSSR count). The van der Waals surface area contributed by atoms with Gasteiger partial charge in [-0.05, 0) is 6.92 Å². The van der Waals surface area contributed by atoms with Gasteiger partial charge in [0.15, 0.2) is 0 Å². The van der Waals surface area contributed by atoms with Gasteiger partial charge in [0.05, 0.1) is 6.20 Å². The molecule has 56 valence electrons. The van der Waals surface area contributed by atoms with Gasteiger partial charge in [0.25, 0.3) is 0 Å². The lowest BCUT2D eigenvalue weighted by molar-refractivity contribution is 1.03. The Bertz CT molecular complexity index is 309. The third kappa shape index (κ3) is 1.19. The van der Waals surface area contributed by atoms with Gasteiger partial charge in [-0.2, -0.15) is 0 Å². The van der Waals surface area contributed by atoms with Crippen LogP contribution in [0.5, 0.6) is 0 Å². The van der Waals surface area contributed by atoms with Crippen LogP contribution < -0.4 is 4.72 Å². The van der Waals surface area contributed by atoms with Gasteiger partial charge in [0.1, 0.15) is 22.9 Å². The first-order chi connectivity index (χ1) is 5.36. The summed E-state index contributed by atoms with van der Waals surface area (Å²) in [5.41, 5.74) is 0.841. The van der Waals surface area contributed by atoms with E-state index < -0.39 is 0 Å². The minimum absolute atomic E-state index is 0.841. The van der Waals surface area contributed by atoms with Crippen LogP contribution in [0.25, 0.3) is 0 Å². The van der Waals surface area contributed by atoms with Crippen LogP contribution in [0.4, 0.5) is 5.69 Å². The molecule has 0 saturated heterocycles. The fourth-order valence-electron chi connectivity index (χ4n) is 0.792. The van der Waals surface area contributed by atoms with Crippen molar-refractivity contribution in [2.45, 2.75) is 11.9 Å². The molecule has 0 radical (unpaired) electrons. The Balaban J connectivity index is 2.51. The Morgan fingerprint density at radius 1 is 1.55 bits per heavy atom. The third-order valence-corrected chi connectivity index (χ3v) is 2.15. The highest BCUT2D eigenvalue weighted by Crippen LogP contribution is 2.27. The van der Waals surface area contributed by atoms with E-state index in [9.17, 15) is 0 Å². The summed E-state index contributed by atoms with van der Waals surface area (Å²) < 4.78 is 3.01. The van der Waals surface area contributed by atoms with Crippen molar-refractivity contribution in [3.8, 4) is 0 Å². The van der Waals surface area contributed by atoms with E-state index in [1.165, 1.54) is 18.3 Å². The van der Waals surface area contributed by atoms with Gasteiger partial charge in [-0.15, -0.1) is 0 Å². The molecule has 4 nitrogen and oxygen atoms in total. The summed E-state index contributed by atoms with van der Waals surface area (Å²) in [5.74, 6) is 0.886. The molecule has 0 aromatic carbocycles. The van der Waals surface area contributed by atoms with E-state index >= 15 is 0 Å². The van der Waals surface area contributed by atoms with Gasteiger partial charge in [-0.3, -0.25) is 0 Å². The second-order valence-corrected chi connectivity index (χ2v) is 2.91. The summed E-state index contributed by atoms with van der Waals surface area (Å²) in [6, 6.07) is 0. The predicted molar refractivity (Wildman–Crippen MR) is 43.8 cm³/mol. The SMILES string of the molecule is CC1=Nc2cncnc2SN1. The zero-order valence-corrected chi connectivity index (χ0v) is 6.72. The minimum Gasteiger partial charge on any atom is -0.313 e. The number of rotatable bonds is 0. The highest BCUT2D eigenvalue weighted by molar-refractivity contribution is 7.98. The molecule has 1 aliphatic rings. The molecule has 0 amide bonds. The average Bonchev–Trinajstić information content (AvgIpc) is 2.04. The highest BCUT2D eigenvalue weighted by Gasteiger charge is 2.09. The highest BCUT2D eigenvalue weighted by atomic mass is 32.2. The zero-order valence-electron chi connectivity index (χ0n) is 5.90. The molecule has 0 saturated carbocycles. The van der Waals surface area contributed by atoms with Crippen LogP contribution in [-0.4, -0.2) is 15.8 Å². The molecular formula is C6H6N4S. The van der Waals surface area contributed by atoms with Crippen molar-refractivity contribution in [1.82, 2.24) is 14.7 Å². The van der Waals surface area contributed by atoms with Crippen molar-refractivity contribution in [1.29, 1.82) is 0 Å². The van der Waals surface area contributed by atoms with E-state index in [1.807, 2.05) is 6.92 Å². The van der Waals surface area contributed by atoms with E-state index in [4.69, 9.17) is 0 Å². The van der Waals surface area contributed by atoms with Crippen molar-refractivity contribution < 1.29 is 0 Å². The molecule has 11 heavy (non-hydrogen) atoms. The maximum atomic E-state index is 4.21. The number of aliphatic imine (C=N–C) groups is 1. The van der Waals surface area contributed by atoms with Crippen LogP contribution in [0.15, 0.2) is 22.5 Å². The molecule has 0 atom stereocenters. The first kappa shape index (κ1) is 6.60. The van der Waals surface area contributed by atoms with Crippen molar-refractivity contribution >= 4 is 23.5 Å². The van der Waals surface area contributed by atoms with Crippen LogP contribution in [0.1, 0.15) is 6.92 Å². The summed E-state index contributed by atoms with van der Waals surface area (Å²) in [5, 5.41) is 0.880. The summed E-state index contributed by atoms with van der Waals surface area (Å²) in [6.07, 6.45) is 3.23. The molecule has 0 fully saturated rings. The van der Waals surface area contributed by atoms with Crippen molar-refractivity contribution in [2.24, 2.45) is 4.99 Å². The maximum Gasteiger partial charge on any atom is 0.146 e. The monoisotopic (exact) mass is 166 g/mol. The van der Waals surface area contributed by atoms with Crippen LogP contribution in [0, 0.1) is 0 Å². The van der Waals surface area contributed by atoms with Crippen molar-refractivity contribution in [3.63, 3.8) is 0 Å². The molecule has 0 spiro atoms. The second-order valence-electron chi connectivity index (χ2n) is 2.11. The molecule has 2 heterocycles. The Labute approximate surface area is 68.3 Å². The summed E-state index contributed by atoms with van der Waals surface area (Å²) in [7, 11) is 0. The van der Waals surface area contributed by atoms with Crippen LogP contribution in [0.3, 0.4) is 0 Å². The Hall–Kier alpha value is -1.10. The first-order valence-electron chi connectivity index (χ1n) is 3.14. The third-order valence-electron chi connectivity index (χ3n) is 1.24. The van der Waals surface area contributed by atoms with E-state index in [0.29, 0.717) is 0 Å². The summed E-state index contributed by atoms with van der Waals surface area (Å²) in [6.45, 7) is 1.91. The molecule has 0 unspecified atom stereocenters. The molecule has 1 aromatic heterocycles. The van der Waals surface area contributed by atoms with Crippen LogP contribution in [-0.2, 0) is 0 Å². The lowest BCUT2D eigenvalue weighted by Crippen LogP contribution is -2.14. The number of hydrogen-bond acceptors (Lipinski definition) is 5. The zero-order chi connectivity index (χ0) is 7.68. The number of amidine groups is 1. The molecular weight excluding hydrogens is 160 g/mol.